The molecule has 2 aromatic carbocycles. The number of hydrogen-bond donors (Lipinski definition) is 2. The number of anilines is 2. The van der Waals surface area contributed by atoms with Crippen LogP contribution in [-0.4, -0.2) is 12.5 Å². The van der Waals surface area contributed by atoms with Crippen molar-refractivity contribution < 1.29 is 18.0 Å². The average Bonchev–Trinajstić information content (AvgIpc) is 2.37. The summed E-state index contributed by atoms with van der Waals surface area (Å²) in [5.41, 5.74) is -0.133. The Labute approximate surface area is 127 Å². The van der Waals surface area contributed by atoms with E-state index in [9.17, 15) is 18.0 Å². The number of amides is 1. The summed E-state index contributed by atoms with van der Waals surface area (Å²) in [5.74, 6) is -2.69. The molecule has 0 aromatic heterocycles. The van der Waals surface area contributed by atoms with E-state index in [-0.39, 0.29) is 16.7 Å². The summed E-state index contributed by atoms with van der Waals surface area (Å²) in [4.78, 5) is 11.6. The van der Waals surface area contributed by atoms with Crippen molar-refractivity contribution >= 4 is 33.2 Å². The molecule has 3 nitrogen and oxygen atoms in total. The fourth-order valence-electron chi connectivity index (χ4n) is 1.65. The Kier molecular flexibility index (Phi) is 4.85. The van der Waals surface area contributed by atoms with Gasteiger partial charge in [-0.3, -0.25) is 4.79 Å². The normalized spacial score (nSPS) is 10.3. The molecule has 0 unspecified atom stereocenters. The Morgan fingerprint density at radius 2 is 1.76 bits per heavy atom. The number of carbonyl (C=O) groups is 1. The van der Waals surface area contributed by atoms with Gasteiger partial charge >= 0.3 is 0 Å². The summed E-state index contributed by atoms with van der Waals surface area (Å²) >= 11 is 2.96. The topological polar surface area (TPSA) is 41.1 Å². The van der Waals surface area contributed by atoms with E-state index in [1.165, 1.54) is 18.2 Å². The van der Waals surface area contributed by atoms with Crippen molar-refractivity contribution in [3.8, 4) is 0 Å². The second-order valence-corrected chi connectivity index (χ2v) is 5.07. The zero-order chi connectivity index (χ0) is 15.4. The summed E-state index contributed by atoms with van der Waals surface area (Å²) < 4.78 is 40.3. The zero-order valence-electron chi connectivity index (χ0n) is 10.6. The zero-order valence-corrected chi connectivity index (χ0v) is 12.2. The van der Waals surface area contributed by atoms with E-state index in [2.05, 4.69) is 26.6 Å². The predicted octanol–water partition coefficient (Wildman–Crippen LogP) is 3.92. The van der Waals surface area contributed by atoms with Crippen LogP contribution in [0.15, 0.2) is 40.9 Å². The molecule has 0 aliphatic carbocycles. The molecule has 0 heterocycles. The van der Waals surface area contributed by atoms with E-state index >= 15 is 0 Å². The smallest absolute Gasteiger partial charge is 0.243 e. The third kappa shape index (κ3) is 4.22. The van der Waals surface area contributed by atoms with Crippen LogP contribution in [0.3, 0.4) is 0 Å². The second-order valence-electron chi connectivity index (χ2n) is 4.16. The lowest BCUT2D eigenvalue weighted by Crippen LogP contribution is -2.22. The van der Waals surface area contributed by atoms with Gasteiger partial charge in [0.15, 0.2) is 0 Å². The molecule has 0 spiro atoms. The summed E-state index contributed by atoms with van der Waals surface area (Å²) in [6.45, 7) is -0.355. The van der Waals surface area contributed by atoms with Crippen LogP contribution in [0.4, 0.5) is 24.5 Å². The molecule has 21 heavy (non-hydrogen) atoms. The SMILES string of the molecule is O=C(CNc1c(F)cc(Br)cc1F)Nc1cccc(F)c1. The average molecular weight is 359 g/mol. The van der Waals surface area contributed by atoms with Crippen molar-refractivity contribution in [1.82, 2.24) is 0 Å². The first-order valence-electron chi connectivity index (χ1n) is 5.89. The number of rotatable bonds is 4. The Morgan fingerprint density at radius 3 is 2.38 bits per heavy atom. The van der Waals surface area contributed by atoms with Gasteiger partial charge in [-0.05, 0) is 30.3 Å². The molecule has 0 aliphatic heterocycles. The van der Waals surface area contributed by atoms with Crippen molar-refractivity contribution in [2.75, 3.05) is 17.2 Å². The van der Waals surface area contributed by atoms with Gasteiger partial charge < -0.3 is 10.6 Å². The number of nitrogens with one attached hydrogen (secondary N) is 2. The third-order valence-electron chi connectivity index (χ3n) is 2.54. The van der Waals surface area contributed by atoms with E-state index in [1.807, 2.05) is 0 Å². The largest absolute Gasteiger partial charge is 0.371 e. The van der Waals surface area contributed by atoms with Gasteiger partial charge in [-0.25, -0.2) is 13.2 Å². The van der Waals surface area contributed by atoms with Gasteiger partial charge in [-0.2, -0.15) is 0 Å². The van der Waals surface area contributed by atoms with E-state index in [1.54, 1.807) is 0 Å². The molecular formula is C14H10BrF3N2O. The molecule has 1 amide bonds. The molecule has 0 bridgehead atoms. The maximum absolute atomic E-state index is 13.5. The van der Waals surface area contributed by atoms with Gasteiger partial charge in [-0.1, -0.05) is 22.0 Å². The molecule has 0 saturated heterocycles. The van der Waals surface area contributed by atoms with Gasteiger partial charge in [0.1, 0.15) is 23.1 Å². The van der Waals surface area contributed by atoms with Crippen LogP contribution in [0.5, 0.6) is 0 Å². The van der Waals surface area contributed by atoms with Crippen molar-refractivity contribution in [1.29, 1.82) is 0 Å². The van der Waals surface area contributed by atoms with Crippen molar-refractivity contribution in [3.63, 3.8) is 0 Å². The molecule has 2 rings (SSSR count). The van der Waals surface area contributed by atoms with Gasteiger partial charge in [0.25, 0.3) is 0 Å². The number of benzene rings is 2. The molecule has 2 aromatic rings. The Hall–Kier alpha value is -2.02. The Morgan fingerprint density at radius 1 is 1.10 bits per heavy atom. The van der Waals surface area contributed by atoms with Crippen LogP contribution < -0.4 is 10.6 Å². The molecule has 0 radical (unpaired) electrons. The summed E-state index contributed by atoms with van der Waals surface area (Å²) in [6.07, 6.45) is 0. The highest BCUT2D eigenvalue weighted by atomic mass is 79.9. The Bertz CT molecular complexity index is 656. The van der Waals surface area contributed by atoms with E-state index in [0.29, 0.717) is 0 Å². The fraction of sp³-hybridized carbons (Fsp3) is 0.0714. The lowest BCUT2D eigenvalue weighted by Gasteiger charge is -2.10. The van der Waals surface area contributed by atoms with Crippen molar-refractivity contribution in [2.24, 2.45) is 0 Å². The standard InChI is InChI=1S/C14H10BrF3N2O/c15-8-4-11(17)14(12(18)5-8)19-7-13(21)20-10-3-1-2-9(16)6-10/h1-6,19H,7H2,(H,20,21). The van der Waals surface area contributed by atoms with E-state index < -0.39 is 29.0 Å². The number of hydrogen-bond acceptors (Lipinski definition) is 2. The Balaban J connectivity index is 1.99. The van der Waals surface area contributed by atoms with Crippen molar-refractivity contribution in [3.05, 3.63) is 58.3 Å². The number of halogens is 4. The van der Waals surface area contributed by atoms with Crippen LogP contribution in [0.25, 0.3) is 0 Å². The number of carbonyl (C=O) groups excluding carboxylic acids is 1. The van der Waals surface area contributed by atoms with E-state index in [0.717, 1.165) is 18.2 Å². The van der Waals surface area contributed by atoms with Crippen LogP contribution in [0.2, 0.25) is 0 Å². The van der Waals surface area contributed by atoms with Gasteiger partial charge in [0.05, 0.1) is 6.54 Å². The minimum absolute atomic E-state index is 0.257. The third-order valence-corrected chi connectivity index (χ3v) is 3.00. The van der Waals surface area contributed by atoms with Gasteiger partial charge in [-0.15, -0.1) is 0 Å². The minimum Gasteiger partial charge on any atom is -0.371 e. The van der Waals surface area contributed by atoms with Crippen LogP contribution >= 0.6 is 15.9 Å². The monoisotopic (exact) mass is 358 g/mol. The van der Waals surface area contributed by atoms with Crippen LogP contribution in [-0.2, 0) is 4.79 Å². The quantitative estimate of drug-likeness (QED) is 0.869. The van der Waals surface area contributed by atoms with E-state index in [4.69, 9.17) is 0 Å². The molecule has 0 atom stereocenters. The summed E-state index contributed by atoms with van der Waals surface area (Å²) in [5, 5.41) is 4.77. The second kappa shape index (κ2) is 6.62. The van der Waals surface area contributed by atoms with Crippen molar-refractivity contribution in [2.45, 2.75) is 0 Å². The first kappa shape index (κ1) is 15.4. The lowest BCUT2D eigenvalue weighted by molar-refractivity contribution is -0.114. The molecule has 7 heteroatoms. The summed E-state index contributed by atoms with van der Waals surface area (Å²) in [7, 11) is 0. The van der Waals surface area contributed by atoms with Crippen LogP contribution in [0, 0.1) is 17.5 Å². The highest BCUT2D eigenvalue weighted by Crippen LogP contribution is 2.23. The summed E-state index contributed by atoms with van der Waals surface area (Å²) in [6, 6.07) is 7.47. The van der Waals surface area contributed by atoms with Crippen LogP contribution in [0.1, 0.15) is 0 Å². The molecule has 0 fully saturated rings. The maximum Gasteiger partial charge on any atom is 0.243 e. The lowest BCUT2D eigenvalue weighted by atomic mass is 10.3. The highest BCUT2D eigenvalue weighted by Gasteiger charge is 2.11. The van der Waals surface area contributed by atoms with Gasteiger partial charge in [0.2, 0.25) is 5.91 Å². The molecule has 2 N–H and O–H groups in total. The highest BCUT2D eigenvalue weighted by molar-refractivity contribution is 9.10. The van der Waals surface area contributed by atoms with Gasteiger partial charge in [0, 0.05) is 10.2 Å². The molecular weight excluding hydrogens is 349 g/mol. The molecule has 0 saturated carbocycles. The maximum atomic E-state index is 13.5. The minimum atomic E-state index is -0.819. The fourth-order valence-corrected chi connectivity index (χ4v) is 2.05. The molecule has 0 aliphatic rings. The molecule has 110 valence electrons. The first-order chi connectivity index (χ1) is 9.95. The predicted molar refractivity (Wildman–Crippen MR) is 77.6 cm³/mol. The first-order valence-corrected chi connectivity index (χ1v) is 6.69.